The number of rotatable bonds is 6. The molecule has 84 valence electrons. The molecule has 0 aliphatic carbocycles. The molecule has 0 amide bonds. The van der Waals surface area contributed by atoms with Crippen molar-refractivity contribution in [1.29, 1.82) is 0 Å². The lowest BCUT2D eigenvalue weighted by Gasteiger charge is -2.08. The molecule has 4 heteroatoms. The van der Waals surface area contributed by atoms with Gasteiger partial charge in [-0.2, -0.15) is 0 Å². The molecule has 0 unspecified atom stereocenters. The molecule has 1 rings (SSSR count). The number of ether oxygens (including phenoxy) is 1. The zero-order chi connectivity index (χ0) is 11.1. The lowest BCUT2D eigenvalue weighted by Crippen LogP contribution is -2.17. The van der Waals surface area contributed by atoms with Crippen molar-refractivity contribution in [3.05, 3.63) is 28.2 Å². The van der Waals surface area contributed by atoms with Crippen LogP contribution in [0, 0.1) is 0 Å². The van der Waals surface area contributed by atoms with Gasteiger partial charge >= 0.3 is 0 Å². The highest BCUT2D eigenvalue weighted by molar-refractivity contribution is 9.10. The molecule has 3 nitrogen and oxygen atoms in total. The van der Waals surface area contributed by atoms with Crippen molar-refractivity contribution in [3.8, 4) is 5.75 Å². The first-order valence-electron chi connectivity index (χ1n) is 5.00. The van der Waals surface area contributed by atoms with E-state index in [9.17, 15) is 0 Å². The molecule has 0 bridgehead atoms. The standard InChI is InChI=1S/C11H16BrNO2/c1-2-15-11-4-3-9(7-10(11)12)8-13-5-6-14/h3-4,7,13-14H,2,5-6,8H2,1H3. The molecule has 0 spiro atoms. The summed E-state index contributed by atoms with van der Waals surface area (Å²) >= 11 is 3.45. The summed E-state index contributed by atoms with van der Waals surface area (Å²) in [6.45, 7) is 4.17. The first-order chi connectivity index (χ1) is 7.27. The molecule has 1 aromatic carbocycles. The van der Waals surface area contributed by atoms with Gasteiger partial charge in [0, 0.05) is 13.1 Å². The predicted molar refractivity (Wildman–Crippen MR) is 64.1 cm³/mol. The number of aliphatic hydroxyl groups is 1. The third-order valence-electron chi connectivity index (χ3n) is 1.91. The Hall–Kier alpha value is -0.580. The van der Waals surface area contributed by atoms with E-state index in [1.165, 1.54) is 5.56 Å². The summed E-state index contributed by atoms with van der Waals surface area (Å²) in [5.41, 5.74) is 1.17. The topological polar surface area (TPSA) is 41.5 Å². The molecule has 0 radical (unpaired) electrons. The van der Waals surface area contributed by atoms with Crippen molar-refractivity contribution < 1.29 is 9.84 Å². The molecule has 0 atom stereocenters. The van der Waals surface area contributed by atoms with Crippen LogP contribution in [0.25, 0.3) is 0 Å². The minimum Gasteiger partial charge on any atom is -0.493 e. The number of nitrogens with one attached hydrogen (secondary N) is 1. The minimum absolute atomic E-state index is 0.165. The van der Waals surface area contributed by atoms with Crippen LogP contribution in [0.4, 0.5) is 0 Å². The Morgan fingerprint density at radius 3 is 2.87 bits per heavy atom. The fourth-order valence-corrected chi connectivity index (χ4v) is 1.78. The second kappa shape index (κ2) is 6.82. The third-order valence-corrected chi connectivity index (χ3v) is 2.53. The van der Waals surface area contributed by atoms with Crippen LogP contribution in [0.3, 0.4) is 0 Å². The quantitative estimate of drug-likeness (QED) is 0.779. The smallest absolute Gasteiger partial charge is 0.133 e. The van der Waals surface area contributed by atoms with Gasteiger partial charge in [0.05, 0.1) is 17.7 Å². The summed E-state index contributed by atoms with van der Waals surface area (Å²) in [7, 11) is 0. The number of benzene rings is 1. The molecule has 0 aliphatic rings. The molecular weight excluding hydrogens is 258 g/mol. The molecule has 0 fully saturated rings. The average Bonchev–Trinajstić information content (AvgIpc) is 2.23. The van der Waals surface area contributed by atoms with Crippen molar-refractivity contribution in [2.45, 2.75) is 13.5 Å². The maximum atomic E-state index is 8.62. The fourth-order valence-electron chi connectivity index (χ4n) is 1.24. The van der Waals surface area contributed by atoms with Gasteiger partial charge in [0.15, 0.2) is 0 Å². The summed E-state index contributed by atoms with van der Waals surface area (Å²) < 4.78 is 6.38. The van der Waals surface area contributed by atoms with Crippen LogP contribution in [0.15, 0.2) is 22.7 Å². The van der Waals surface area contributed by atoms with E-state index < -0.39 is 0 Å². The lowest BCUT2D eigenvalue weighted by atomic mass is 10.2. The van der Waals surface area contributed by atoms with E-state index in [1.807, 2.05) is 25.1 Å². The van der Waals surface area contributed by atoms with E-state index in [-0.39, 0.29) is 6.61 Å². The number of aliphatic hydroxyl groups excluding tert-OH is 1. The van der Waals surface area contributed by atoms with Crippen molar-refractivity contribution in [2.24, 2.45) is 0 Å². The maximum Gasteiger partial charge on any atom is 0.133 e. The Bertz CT molecular complexity index is 305. The molecular formula is C11H16BrNO2. The van der Waals surface area contributed by atoms with Gasteiger partial charge < -0.3 is 15.2 Å². The number of hydrogen-bond acceptors (Lipinski definition) is 3. The van der Waals surface area contributed by atoms with Crippen LogP contribution >= 0.6 is 15.9 Å². The molecule has 0 aromatic heterocycles. The van der Waals surface area contributed by atoms with Gasteiger partial charge in [-0.3, -0.25) is 0 Å². The Morgan fingerprint density at radius 1 is 1.47 bits per heavy atom. The molecule has 0 heterocycles. The van der Waals surface area contributed by atoms with E-state index in [1.54, 1.807) is 0 Å². The van der Waals surface area contributed by atoms with Crippen molar-refractivity contribution in [2.75, 3.05) is 19.8 Å². The number of halogens is 1. The minimum atomic E-state index is 0.165. The van der Waals surface area contributed by atoms with Crippen molar-refractivity contribution >= 4 is 15.9 Å². The monoisotopic (exact) mass is 273 g/mol. The van der Waals surface area contributed by atoms with Crippen LogP contribution in [-0.2, 0) is 6.54 Å². The van der Waals surface area contributed by atoms with Crippen LogP contribution in [0.1, 0.15) is 12.5 Å². The SMILES string of the molecule is CCOc1ccc(CNCCO)cc1Br. The van der Waals surface area contributed by atoms with Crippen molar-refractivity contribution in [3.63, 3.8) is 0 Å². The molecule has 0 saturated heterocycles. The first-order valence-corrected chi connectivity index (χ1v) is 5.80. The largest absolute Gasteiger partial charge is 0.493 e. The van der Waals surface area contributed by atoms with Gasteiger partial charge in [-0.15, -0.1) is 0 Å². The van der Waals surface area contributed by atoms with Gasteiger partial charge in [-0.25, -0.2) is 0 Å². The second-order valence-corrected chi connectivity index (χ2v) is 3.95. The van der Waals surface area contributed by atoms with Gasteiger partial charge in [0.25, 0.3) is 0 Å². The third kappa shape index (κ3) is 4.20. The lowest BCUT2D eigenvalue weighted by molar-refractivity contribution is 0.292. The van der Waals surface area contributed by atoms with Crippen molar-refractivity contribution in [1.82, 2.24) is 5.32 Å². The highest BCUT2D eigenvalue weighted by atomic mass is 79.9. The second-order valence-electron chi connectivity index (χ2n) is 3.10. The number of hydrogen-bond donors (Lipinski definition) is 2. The molecule has 1 aromatic rings. The average molecular weight is 274 g/mol. The van der Waals surface area contributed by atoms with E-state index in [2.05, 4.69) is 21.2 Å². The van der Waals surface area contributed by atoms with Gasteiger partial charge in [0.2, 0.25) is 0 Å². The predicted octanol–water partition coefficient (Wildman–Crippen LogP) is 1.93. The highest BCUT2D eigenvalue weighted by Gasteiger charge is 2.01. The Morgan fingerprint density at radius 2 is 2.27 bits per heavy atom. The fraction of sp³-hybridized carbons (Fsp3) is 0.455. The summed E-state index contributed by atoms with van der Waals surface area (Å²) in [5, 5.41) is 11.7. The Balaban J connectivity index is 2.56. The Kier molecular flexibility index (Phi) is 5.68. The Labute approximate surface area is 98.6 Å². The zero-order valence-electron chi connectivity index (χ0n) is 8.79. The van der Waals surface area contributed by atoms with E-state index >= 15 is 0 Å². The van der Waals surface area contributed by atoms with E-state index in [4.69, 9.17) is 9.84 Å². The zero-order valence-corrected chi connectivity index (χ0v) is 10.4. The summed E-state index contributed by atoms with van der Waals surface area (Å²) in [5.74, 6) is 0.864. The van der Waals surface area contributed by atoms with E-state index in [0.717, 1.165) is 16.8 Å². The molecule has 15 heavy (non-hydrogen) atoms. The van der Waals surface area contributed by atoms with Gasteiger partial charge in [-0.05, 0) is 40.5 Å². The summed E-state index contributed by atoms with van der Waals surface area (Å²) in [4.78, 5) is 0. The van der Waals surface area contributed by atoms with Gasteiger partial charge in [0.1, 0.15) is 5.75 Å². The normalized spacial score (nSPS) is 10.3. The van der Waals surface area contributed by atoms with Crippen LogP contribution < -0.4 is 10.1 Å². The summed E-state index contributed by atoms with van der Waals surface area (Å²) in [6.07, 6.45) is 0. The van der Waals surface area contributed by atoms with Crippen LogP contribution in [0.5, 0.6) is 5.75 Å². The highest BCUT2D eigenvalue weighted by Crippen LogP contribution is 2.25. The summed E-state index contributed by atoms with van der Waals surface area (Å²) in [6, 6.07) is 5.99. The van der Waals surface area contributed by atoms with E-state index in [0.29, 0.717) is 13.2 Å². The molecule has 0 aliphatic heterocycles. The van der Waals surface area contributed by atoms with Gasteiger partial charge in [-0.1, -0.05) is 6.07 Å². The van der Waals surface area contributed by atoms with Crippen LogP contribution in [0.2, 0.25) is 0 Å². The van der Waals surface area contributed by atoms with Crippen LogP contribution in [-0.4, -0.2) is 24.9 Å². The molecule has 2 N–H and O–H groups in total. The maximum absolute atomic E-state index is 8.62. The molecule has 0 saturated carbocycles. The first kappa shape index (κ1) is 12.5.